The number of imidazole rings is 1. The highest BCUT2D eigenvalue weighted by Gasteiger charge is 2.56. The minimum Gasteiger partial charge on any atom is -0.493 e. The number of hydrogen-bond acceptors (Lipinski definition) is 3. The number of rotatable bonds is 3. The molecular weight excluding hydrogens is 292 g/mol. The van der Waals surface area contributed by atoms with Gasteiger partial charge in [-0.15, -0.1) is 0 Å². The summed E-state index contributed by atoms with van der Waals surface area (Å²) in [5.74, 6) is 2.26. The quantitative estimate of drug-likeness (QED) is 0.914. The number of urea groups is 1. The van der Waals surface area contributed by atoms with Crippen molar-refractivity contribution in [2.24, 2.45) is 5.92 Å². The summed E-state index contributed by atoms with van der Waals surface area (Å²) in [4.78, 5) is 21.2. The summed E-state index contributed by atoms with van der Waals surface area (Å²) in [6.45, 7) is 3.33. The fourth-order valence-electron chi connectivity index (χ4n) is 3.72. The van der Waals surface area contributed by atoms with Crippen LogP contribution in [0, 0.1) is 5.92 Å². The van der Waals surface area contributed by atoms with Crippen molar-refractivity contribution in [1.29, 1.82) is 0 Å². The molecule has 1 unspecified atom stereocenters. The number of nitrogens with zero attached hydrogens (tertiary/aromatic N) is 2. The molecule has 6 nitrogen and oxygen atoms in total. The Morgan fingerprint density at radius 3 is 3.04 bits per heavy atom. The van der Waals surface area contributed by atoms with Crippen LogP contribution >= 0.6 is 0 Å². The number of fused-ring (bicyclic) bond motifs is 3. The second-order valence-corrected chi connectivity index (χ2v) is 6.04. The van der Waals surface area contributed by atoms with E-state index >= 15 is 0 Å². The van der Waals surface area contributed by atoms with Crippen LogP contribution in [0.3, 0.4) is 0 Å². The lowest BCUT2D eigenvalue weighted by molar-refractivity contribution is 0.248. The minimum atomic E-state index is -0.0969. The molecule has 23 heavy (non-hydrogen) atoms. The van der Waals surface area contributed by atoms with E-state index in [1.807, 2.05) is 25.3 Å². The van der Waals surface area contributed by atoms with E-state index < -0.39 is 0 Å². The van der Waals surface area contributed by atoms with E-state index in [1.165, 1.54) is 5.56 Å². The van der Waals surface area contributed by atoms with Crippen molar-refractivity contribution in [2.45, 2.75) is 18.8 Å². The van der Waals surface area contributed by atoms with Crippen LogP contribution in [0.2, 0.25) is 0 Å². The number of amides is 2. The zero-order chi connectivity index (χ0) is 16.0. The van der Waals surface area contributed by atoms with E-state index in [0.29, 0.717) is 24.3 Å². The van der Waals surface area contributed by atoms with Crippen LogP contribution in [0.4, 0.5) is 10.5 Å². The molecule has 0 spiro atoms. The van der Waals surface area contributed by atoms with Gasteiger partial charge in [-0.25, -0.2) is 9.78 Å². The molecule has 2 N–H and O–H groups in total. The van der Waals surface area contributed by atoms with Gasteiger partial charge in [-0.1, -0.05) is 0 Å². The maximum absolute atomic E-state index is 12.0. The number of nitrogens with one attached hydrogen (secondary N) is 2. The molecule has 1 aliphatic carbocycles. The lowest BCUT2D eigenvalue weighted by Crippen LogP contribution is -2.38. The SMILES string of the molecule is CCN(C(=O)NC)c1ccc2c(c1)[C@H]1C(c3c[nH]cn3)[C@H]1CO2. The summed E-state index contributed by atoms with van der Waals surface area (Å²) in [7, 11) is 1.65. The number of carbonyl (C=O) groups excluding carboxylic acids is 1. The molecule has 1 saturated carbocycles. The van der Waals surface area contributed by atoms with Gasteiger partial charge < -0.3 is 15.0 Å². The number of benzene rings is 1. The van der Waals surface area contributed by atoms with Gasteiger partial charge in [0.05, 0.1) is 18.6 Å². The van der Waals surface area contributed by atoms with Crippen LogP contribution in [0.1, 0.15) is 30.0 Å². The first-order chi connectivity index (χ1) is 11.2. The molecule has 120 valence electrons. The second-order valence-electron chi connectivity index (χ2n) is 6.04. The van der Waals surface area contributed by atoms with Crippen molar-refractivity contribution in [2.75, 3.05) is 25.1 Å². The van der Waals surface area contributed by atoms with Gasteiger partial charge in [0, 0.05) is 48.8 Å². The van der Waals surface area contributed by atoms with E-state index in [0.717, 1.165) is 23.7 Å². The average Bonchev–Trinajstić information content (AvgIpc) is 3.08. The van der Waals surface area contributed by atoms with Crippen molar-refractivity contribution in [3.05, 3.63) is 42.0 Å². The molecule has 2 aromatic rings. The van der Waals surface area contributed by atoms with Crippen LogP contribution in [0.5, 0.6) is 5.75 Å². The molecular formula is C17H20N4O2. The summed E-state index contributed by atoms with van der Waals surface area (Å²) in [5, 5.41) is 2.69. The Bertz CT molecular complexity index is 728. The van der Waals surface area contributed by atoms with Gasteiger partial charge in [0.15, 0.2) is 0 Å². The summed E-state index contributed by atoms with van der Waals surface area (Å²) in [6.07, 6.45) is 3.69. The Labute approximate surface area is 134 Å². The molecule has 2 amide bonds. The van der Waals surface area contributed by atoms with E-state index in [-0.39, 0.29) is 6.03 Å². The molecule has 2 aliphatic rings. The number of ether oxygens (including phenoxy) is 1. The highest BCUT2D eigenvalue weighted by molar-refractivity contribution is 5.92. The molecule has 6 heteroatoms. The van der Waals surface area contributed by atoms with Gasteiger partial charge >= 0.3 is 6.03 Å². The Hall–Kier alpha value is -2.50. The van der Waals surface area contributed by atoms with Crippen molar-refractivity contribution >= 4 is 11.7 Å². The highest BCUT2D eigenvalue weighted by atomic mass is 16.5. The fourth-order valence-corrected chi connectivity index (χ4v) is 3.72. The zero-order valence-electron chi connectivity index (χ0n) is 13.2. The minimum absolute atomic E-state index is 0.0969. The Kier molecular flexibility index (Phi) is 3.25. The predicted octanol–water partition coefficient (Wildman–Crippen LogP) is 2.47. The molecule has 1 aliphatic heterocycles. The predicted molar refractivity (Wildman–Crippen MR) is 87.0 cm³/mol. The van der Waals surface area contributed by atoms with E-state index in [9.17, 15) is 4.79 Å². The summed E-state index contributed by atoms with van der Waals surface area (Å²) < 4.78 is 5.90. The summed E-state index contributed by atoms with van der Waals surface area (Å²) in [5.41, 5.74) is 3.19. The van der Waals surface area contributed by atoms with Gasteiger partial charge in [-0.3, -0.25) is 4.90 Å². The molecule has 2 heterocycles. The van der Waals surface area contributed by atoms with Gasteiger partial charge in [0.25, 0.3) is 0 Å². The number of aromatic amines is 1. The Morgan fingerprint density at radius 1 is 1.48 bits per heavy atom. The number of hydrogen-bond donors (Lipinski definition) is 2. The molecule has 0 saturated heterocycles. The van der Waals surface area contributed by atoms with Gasteiger partial charge in [0.2, 0.25) is 0 Å². The normalized spacial score (nSPS) is 24.2. The fraction of sp³-hybridized carbons (Fsp3) is 0.412. The molecule has 1 fully saturated rings. The second kappa shape index (κ2) is 5.30. The standard InChI is InChI=1S/C17H20N4O2/c1-3-21(17(22)18-2)10-4-5-14-11(6-10)15-12(8-23-14)16(15)13-7-19-9-20-13/h4-7,9,12,15-16H,3,8H2,1-2H3,(H,18,22)(H,19,20)/t12-,15+,16?/m0/s1. The largest absolute Gasteiger partial charge is 0.493 e. The number of H-pyrrole nitrogens is 1. The summed E-state index contributed by atoms with van der Waals surface area (Å²) in [6, 6.07) is 5.92. The third-order valence-electron chi connectivity index (χ3n) is 4.90. The third kappa shape index (κ3) is 2.17. The molecule has 0 bridgehead atoms. The van der Waals surface area contributed by atoms with Crippen LogP contribution in [-0.4, -0.2) is 36.2 Å². The monoisotopic (exact) mass is 312 g/mol. The average molecular weight is 312 g/mol. The molecule has 1 aromatic carbocycles. The van der Waals surface area contributed by atoms with Crippen LogP contribution in [0.25, 0.3) is 0 Å². The number of aromatic nitrogens is 2. The van der Waals surface area contributed by atoms with Crippen molar-refractivity contribution in [1.82, 2.24) is 15.3 Å². The van der Waals surface area contributed by atoms with Crippen molar-refractivity contribution in [3.8, 4) is 5.75 Å². The lowest BCUT2D eigenvalue weighted by atomic mass is 10.0. The zero-order valence-corrected chi connectivity index (χ0v) is 13.2. The van der Waals surface area contributed by atoms with Crippen LogP contribution in [0.15, 0.2) is 30.7 Å². The maximum atomic E-state index is 12.0. The van der Waals surface area contributed by atoms with Crippen molar-refractivity contribution in [3.63, 3.8) is 0 Å². The first-order valence-corrected chi connectivity index (χ1v) is 7.99. The van der Waals surface area contributed by atoms with Gasteiger partial charge in [0.1, 0.15) is 5.75 Å². The molecule has 0 radical (unpaired) electrons. The Morgan fingerprint density at radius 2 is 2.35 bits per heavy atom. The topological polar surface area (TPSA) is 70.2 Å². The summed E-state index contributed by atoms with van der Waals surface area (Å²) >= 11 is 0. The highest BCUT2D eigenvalue weighted by Crippen LogP contribution is 2.64. The first-order valence-electron chi connectivity index (χ1n) is 7.99. The molecule has 4 rings (SSSR count). The smallest absolute Gasteiger partial charge is 0.321 e. The molecule has 1 aromatic heterocycles. The number of anilines is 1. The maximum Gasteiger partial charge on any atom is 0.321 e. The van der Waals surface area contributed by atoms with E-state index in [1.54, 1.807) is 18.3 Å². The number of carbonyl (C=O) groups is 1. The van der Waals surface area contributed by atoms with E-state index in [2.05, 4.69) is 21.4 Å². The molecule has 3 atom stereocenters. The van der Waals surface area contributed by atoms with Gasteiger partial charge in [-0.2, -0.15) is 0 Å². The lowest BCUT2D eigenvalue weighted by Gasteiger charge is -2.23. The van der Waals surface area contributed by atoms with Crippen LogP contribution < -0.4 is 15.0 Å². The third-order valence-corrected chi connectivity index (χ3v) is 4.90. The van der Waals surface area contributed by atoms with Gasteiger partial charge in [-0.05, 0) is 25.1 Å². The van der Waals surface area contributed by atoms with Crippen LogP contribution in [-0.2, 0) is 0 Å². The first kappa shape index (κ1) is 14.1. The van der Waals surface area contributed by atoms with Crippen molar-refractivity contribution < 1.29 is 9.53 Å². The van der Waals surface area contributed by atoms with E-state index in [4.69, 9.17) is 4.74 Å². The Balaban J connectivity index is 1.68.